The number of imidazole rings is 1. The standard InChI is InChI=1S/C9H8BrN3O2/c10-5-1-2-6-7(3-5)13-8(12-6)4-15-9(11)14/h1-3H,4H2,(H2,11,14)(H,12,13). The van der Waals surface area contributed by atoms with E-state index in [0.29, 0.717) is 5.82 Å². The van der Waals surface area contributed by atoms with Crippen molar-refractivity contribution in [2.45, 2.75) is 6.61 Å². The molecule has 3 N–H and O–H groups in total. The summed E-state index contributed by atoms with van der Waals surface area (Å²) < 4.78 is 5.58. The minimum atomic E-state index is -0.809. The van der Waals surface area contributed by atoms with Crippen molar-refractivity contribution in [1.82, 2.24) is 9.97 Å². The lowest BCUT2D eigenvalue weighted by molar-refractivity contribution is 0.147. The predicted molar refractivity (Wildman–Crippen MR) is 58.2 cm³/mol. The van der Waals surface area contributed by atoms with Gasteiger partial charge in [0.1, 0.15) is 5.82 Å². The van der Waals surface area contributed by atoms with Crippen LogP contribution in [0.3, 0.4) is 0 Å². The van der Waals surface area contributed by atoms with E-state index in [0.717, 1.165) is 15.5 Å². The lowest BCUT2D eigenvalue weighted by atomic mass is 10.3. The third-order valence-corrected chi connectivity index (χ3v) is 2.34. The van der Waals surface area contributed by atoms with Crippen molar-refractivity contribution in [3.05, 3.63) is 28.5 Å². The van der Waals surface area contributed by atoms with E-state index in [-0.39, 0.29) is 6.61 Å². The van der Waals surface area contributed by atoms with Crippen LogP contribution < -0.4 is 5.73 Å². The summed E-state index contributed by atoms with van der Waals surface area (Å²) >= 11 is 3.35. The van der Waals surface area contributed by atoms with Gasteiger partial charge in [-0.15, -0.1) is 0 Å². The molecule has 0 aliphatic heterocycles. The number of nitrogens with zero attached hydrogens (tertiary/aromatic N) is 1. The monoisotopic (exact) mass is 269 g/mol. The van der Waals surface area contributed by atoms with Gasteiger partial charge in [0.2, 0.25) is 0 Å². The number of ether oxygens (including phenoxy) is 1. The van der Waals surface area contributed by atoms with E-state index >= 15 is 0 Å². The van der Waals surface area contributed by atoms with Crippen molar-refractivity contribution < 1.29 is 9.53 Å². The van der Waals surface area contributed by atoms with Crippen LogP contribution in [-0.4, -0.2) is 16.1 Å². The quantitative estimate of drug-likeness (QED) is 0.874. The molecule has 15 heavy (non-hydrogen) atoms. The molecule has 0 atom stereocenters. The topological polar surface area (TPSA) is 81.0 Å². The van der Waals surface area contributed by atoms with Gasteiger partial charge in [0, 0.05) is 4.47 Å². The molecular formula is C9H8BrN3O2. The van der Waals surface area contributed by atoms with Gasteiger partial charge in [-0.25, -0.2) is 9.78 Å². The second-order valence-corrected chi connectivity index (χ2v) is 3.87. The van der Waals surface area contributed by atoms with Crippen LogP contribution in [0.2, 0.25) is 0 Å². The van der Waals surface area contributed by atoms with Crippen molar-refractivity contribution in [3.8, 4) is 0 Å². The van der Waals surface area contributed by atoms with Crippen LogP contribution in [0.1, 0.15) is 5.82 Å². The predicted octanol–water partition coefficient (Wildman–Crippen LogP) is 1.92. The number of rotatable bonds is 2. The molecular weight excluding hydrogens is 262 g/mol. The summed E-state index contributed by atoms with van der Waals surface area (Å²) in [4.78, 5) is 17.6. The van der Waals surface area contributed by atoms with Gasteiger partial charge in [-0.1, -0.05) is 15.9 Å². The summed E-state index contributed by atoms with van der Waals surface area (Å²) in [6, 6.07) is 5.65. The largest absolute Gasteiger partial charge is 0.442 e. The fraction of sp³-hybridized carbons (Fsp3) is 0.111. The van der Waals surface area contributed by atoms with Gasteiger partial charge in [0.25, 0.3) is 0 Å². The smallest absolute Gasteiger partial charge is 0.404 e. The molecule has 0 aliphatic carbocycles. The molecule has 0 saturated carbocycles. The average molecular weight is 270 g/mol. The summed E-state index contributed by atoms with van der Waals surface area (Å²) in [5.41, 5.74) is 6.55. The van der Waals surface area contributed by atoms with Crippen LogP contribution in [-0.2, 0) is 11.3 Å². The molecule has 0 fully saturated rings. The second kappa shape index (κ2) is 3.90. The highest BCUT2D eigenvalue weighted by Gasteiger charge is 2.04. The van der Waals surface area contributed by atoms with Gasteiger partial charge in [0.15, 0.2) is 6.61 Å². The maximum absolute atomic E-state index is 10.4. The summed E-state index contributed by atoms with van der Waals surface area (Å²) in [6.07, 6.45) is -0.809. The van der Waals surface area contributed by atoms with Crippen LogP contribution in [0.15, 0.2) is 22.7 Å². The summed E-state index contributed by atoms with van der Waals surface area (Å²) in [5, 5.41) is 0. The number of hydrogen-bond donors (Lipinski definition) is 2. The Balaban J connectivity index is 2.27. The molecule has 0 saturated heterocycles. The minimum absolute atomic E-state index is 0.0572. The molecule has 0 aliphatic rings. The van der Waals surface area contributed by atoms with E-state index in [1.807, 2.05) is 18.2 Å². The Hall–Kier alpha value is -1.56. The normalized spacial score (nSPS) is 10.5. The number of primary amides is 1. The molecule has 0 unspecified atom stereocenters. The maximum Gasteiger partial charge on any atom is 0.404 e. The average Bonchev–Trinajstić information content (AvgIpc) is 2.56. The Bertz CT molecular complexity index is 509. The molecule has 1 heterocycles. The molecule has 1 aromatic carbocycles. The zero-order valence-electron chi connectivity index (χ0n) is 7.66. The van der Waals surface area contributed by atoms with Crippen molar-refractivity contribution in [2.75, 3.05) is 0 Å². The number of aromatic nitrogens is 2. The van der Waals surface area contributed by atoms with Crippen molar-refractivity contribution in [3.63, 3.8) is 0 Å². The van der Waals surface area contributed by atoms with E-state index in [9.17, 15) is 4.79 Å². The number of H-pyrrole nitrogens is 1. The van der Waals surface area contributed by atoms with Crippen LogP contribution in [0.4, 0.5) is 4.79 Å². The first-order valence-electron chi connectivity index (χ1n) is 4.21. The van der Waals surface area contributed by atoms with Gasteiger partial charge in [0.05, 0.1) is 11.0 Å². The number of carbonyl (C=O) groups is 1. The number of aromatic amines is 1. The number of nitrogens with two attached hydrogens (primary N) is 1. The first-order valence-corrected chi connectivity index (χ1v) is 5.01. The highest BCUT2D eigenvalue weighted by atomic mass is 79.9. The Labute approximate surface area is 93.8 Å². The molecule has 1 amide bonds. The van der Waals surface area contributed by atoms with Crippen LogP contribution in [0, 0.1) is 0 Å². The van der Waals surface area contributed by atoms with E-state index in [4.69, 9.17) is 5.73 Å². The Kier molecular flexibility index (Phi) is 2.59. The molecule has 78 valence electrons. The van der Waals surface area contributed by atoms with Gasteiger partial charge in [-0.2, -0.15) is 0 Å². The lowest BCUT2D eigenvalue weighted by Gasteiger charge is -1.95. The first-order chi connectivity index (χ1) is 7.15. The van der Waals surface area contributed by atoms with Crippen LogP contribution in [0.25, 0.3) is 11.0 Å². The molecule has 6 heteroatoms. The summed E-state index contributed by atoms with van der Waals surface area (Å²) in [5.74, 6) is 0.571. The number of carbonyl (C=O) groups excluding carboxylic acids is 1. The summed E-state index contributed by atoms with van der Waals surface area (Å²) in [7, 11) is 0. The zero-order chi connectivity index (χ0) is 10.8. The van der Waals surface area contributed by atoms with Gasteiger partial charge >= 0.3 is 6.09 Å². The number of benzene rings is 1. The van der Waals surface area contributed by atoms with Crippen molar-refractivity contribution >= 4 is 33.1 Å². The van der Waals surface area contributed by atoms with Crippen molar-refractivity contribution in [1.29, 1.82) is 0 Å². The fourth-order valence-electron chi connectivity index (χ4n) is 1.24. The van der Waals surface area contributed by atoms with E-state index in [1.165, 1.54) is 0 Å². The lowest BCUT2D eigenvalue weighted by Crippen LogP contribution is -2.13. The third kappa shape index (κ3) is 2.27. The first kappa shape index (κ1) is 9.97. The Morgan fingerprint density at radius 3 is 3.13 bits per heavy atom. The Morgan fingerprint density at radius 1 is 1.60 bits per heavy atom. The van der Waals surface area contributed by atoms with Crippen LogP contribution >= 0.6 is 15.9 Å². The van der Waals surface area contributed by atoms with E-state index in [2.05, 4.69) is 30.6 Å². The number of amides is 1. The zero-order valence-corrected chi connectivity index (χ0v) is 9.24. The molecule has 1 aromatic heterocycles. The SMILES string of the molecule is NC(=O)OCc1nc2ccc(Br)cc2[nH]1. The number of fused-ring (bicyclic) bond motifs is 1. The molecule has 2 aromatic rings. The van der Waals surface area contributed by atoms with Gasteiger partial charge < -0.3 is 15.5 Å². The Morgan fingerprint density at radius 2 is 2.40 bits per heavy atom. The highest BCUT2D eigenvalue weighted by Crippen LogP contribution is 2.17. The van der Waals surface area contributed by atoms with E-state index in [1.54, 1.807) is 0 Å². The maximum atomic E-state index is 10.4. The third-order valence-electron chi connectivity index (χ3n) is 1.84. The fourth-order valence-corrected chi connectivity index (χ4v) is 1.60. The van der Waals surface area contributed by atoms with Gasteiger partial charge in [-0.3, -0.25) is 0 Å². The molecule has 0 radical (unpaired) electrons. The van der Waals surface area contributed by atoms with Crippen molar-refractivity contribution in [2.24, 2.45) is 5.73 Å². The second-order valence-electron chi connectivity index (χ2n) is 2.95. The van der Waals surface area contributed by atoms with Crippen LogP contribution in [0.5, 0.6) is 0 Å². The van der Waals surface area contributed by atoms with E-state index < -0.39 is 6.09 Å². The molecule has 2 rings (SSSR count). The number of hydrogen-bond acceptors (Lipinski definition) is 3. The molecule has 5 nitrogen and oxygen atoms in total. The number of halogens is 1. The summed E-state index contributed by atoms with van der Waals surface area (Å²) in [6.45, 7) is 0.0572. The minimum Gasteiger partial charge on any atom is -0.442 e. The molecule has 0 spiro atoms. The highest BCUT2D eigenvalue weighted by molar-refractivity contribution is 9.10. The molecule has 0 bridgehead atoms. The van der Waals surface area contributed by atoms with Gasteiger partial charge in [-0.05, 0) is 18.2 Å². The number of nitrogens with one attached hydrogen (secondary N) is 1.